The molecule has 0 fully saturated rings. The van der Waals surface area contributed by atoms with E-state index >= 15 is 0 Å². The zero-order valence-corrected chi connectivity index (χ0v) is 11.3. The lowest BCUT2D eigenvalue weighted by molar-refractivity contribution is -0.127. The SMILES string of the molecule is CC(Oc1ccc(F)cc1F)C(=O)NCc1ccccn1. The van der Waals surface area contributed by atoms with Gasteiger partial charge in [-0.15, -0.1) is 0 Å². The summed E-state index contributed by atoms with van der Waals surface area (Å²) in [5, 5.41) is 2.63. The van der Waals surface area contributed by atoms with Gasteiger partial charge in [0.15, 0.2) is 17.7 Å². The van der Waals surface area contributed by atoms with E-state index < -0.39 is 23.6 Å². The molecule has 6 heteroatoms. The summed E-state index contributed by atoms with van der Waals surface area (Å²) in [6.07, 6.45) is 0.712. The van der Waals surface area contributed by atoms with Crippen molar-refractivity contribution < 1.29 is 18.3 Å². The predicted molar refractivity (Wildman–Crippen MR) is 72.5 cm³/mol. The molecule has 1 aromatic heterocycles. The summed E-state index contributed by atoms with van der Waals surface area (Å²) in [4.78, 5) is 15.9. The summed E-state index contributed by atoms with van der Waals surface area (Å²) >= 11 is 0. The van der Waals surface area contributed by atoms with E-state index in [1.54, 1.807) is 18.3 Å². The van der Waals surface area contributed by atoms with Crippen molar-refractivity contribution in [2.24, 2.45) is 0 Å². The number of rotatable bonds is 5. The molecule has 0 radical (unpaired) electrons. The molecule has 1 aromatic carbocycles. The number of nitrogens with one attached hydrogen (secondary N) is 1. The van der Waals surface area contributed by atoms with Crippen molar-refractivity contribution in [3.8, 4) is 5.75 Å². The third-order valence-corrected chi connectivity index (χ3v) is 2.74. The van der Waals surface area contributed by atoms with Gasteiger partial charge in [0.05, 0.1) is 12.2 Å². The highest BCUT2D eigenvalue weighted by Gasteiger charge is 2.16. The number of carbonyl (C=O) groups is 1. The highest BCUT2D eigenvalue weighted by Crippen LogP contribution is 2.18. The number of hydrogen-bond donors (Lipinski definition) is 1. The Morgan fingerprint density at radius 3 is 2.81 bits per heavy atom. The van der Waals surface area contributed by atoms with Crippen LogP contribution in [0.2, 0.25) is 0 Å². The van der Waals surface area contributed by atoms with Gasteiger partial charge < -0.3 is 10.1 Å². The van der Waals surface area contributed by atoms with E-state index in [9.17, 15) is 13.6 Å². The molecular weight excluding hydrogens is 278 g/mol. The maximum Gasteiger partial charge on any atom is 0.261 e. The Morgan fingerprint density at radius 2 is 2.14 bits per heavy atom. The second-order valence-electron chi connectivity index (χ2n) is 4.37. The van der Waals surface area contributed by atoms with Crippen LogP contribution in [0.25, 0.3) is 0 Å². The van der Waals surface area contributed by atoms with Crippen LogP contribution in [0.15, 0.2) is 42.6 Å². The molecule has 2 aromatic rings. The number of pyridine rings is 1. The molecule has 2 rings (SSSR count). The number of halogens is 2. The number of nitrogens with zero attached hydrogens (tertiary/aromatic N) is 1. The zero-order chi connectivity index (χ0) is 15.2. The van der Waals surface area contributed by atoms with E-state index in [0.29, 0.717) is 11.8 Å². The standard InChI is InChI=1S/C15H14F2N2O2/c1-10(21-14-6-5-11(16)8-13(14)17)15(20)19-9-12-4-2-3-7-18-12/h2-8,10H,9H2,1H3,(H,19,20). The van der Waals surface area contributed by atoms with Gasteiger partial charge in [0, 0.05) is 12.3 Å². The third kappa shape index (κ3) is 4.24. The summed E-state index contributed by atoms with van der Waals surface area (Å²) in [6.45, 7) is 1.73. The first kappa shape index (κ1) is 14.9. The van der Waals surface area contributed by atoms with Crippen molar-refractivity contribution in [3.63, 3.8) is 0 Å². The van der Waals surface area contributed by atoms with Gasteiger partial charge >= 0.3 is 0 Å². The molecule has 21 heavy (non-hydrogen) atoms. The Kier molecular flexibility index (Phi) is 4.81. The predicted octanol–water partition coefficient (Wildman–Crippen LogP) is 2.44. The molecule has 1 amide bonds. The maximum absolute atomic E-state index is 13.4. The number of benzene rings is 1. The Labute approximate surface area is 120 Å². The molecule has 0 spiro atoms. The molecule has 110 valence electrons. The summed E-state index contributed by atoms with van der Waals surface area (Å²) in [6, 6.07) is 8.26. The lowest BCUT2D eigenvalue weighted by Crippen LogP contribution is -2.36. The normalized spacial score (nSPS) is 11.8. The monoisotopic (exact) mass is 292 g/mol. The van der Waals surface area contributed by atoms with Crippen molar-refractivity contribution in [1.29, 1.82) is 0 Å². The average molecular weight is 292 g/mol. The van der Waals surface area contributed by atoms with Crippen molar-refractivity contribution in [2.75, 3.05) is 0 Å². The third-order valence-electron chi connectivity index (χ3n) is 2.74. The van der Waals surface area contributed by atoms with Crippen LogP contribution in [0.5, 0.6) is 5.75 Å². The molecule has 0 aliphatic carbocycles. The first-order chi connectivity index (χ1) is 10.1. The van der Waals surface area contributed by atoms with Crippen LogP contribution in [-0.4, -0.2) is 17.0 Å². The summed E-state index contributed by atoms with van der Waals surface area (Å²) < 4.78 is 31.4. The topological polar surface area (TPSA) is 51.2 Å². The number of amides is 1. The lowest BCUT2D eigenvalue weighted by Gasteiger charge is -2.15. The fourth-order valence-corrected chi connectivity index (χ4v) is 1.64. The second-order valence-corrected chi connectivity index (χ2v) is 4.37. The highest BCUT2D eigenvalue weighted by molar-refractivity contribution is 5.80. The summed E-state index contributed by atoms with van der Waals surface area (Å²) in [7, 11) is 0. The van der Waals surface area contributed by atoms with E-state index in [0.717, 1.165) is 12.1 Å². The summed E-state index contributed by atoms with van der Waals surface area (Å²) in [5.41, 5.74) is 0.700. The largest absolute Gasteiger partial charge is 0.478 e. The van der Waals surface area contributed by atoms with Crippen LogP contribution in [0, 0.1) is 11.6 Å². The van der Waals surface area contributed by atoms with Gasteiger partial charge in [-0.1, -0.05) is 6.07 Å². The van der Waals surface area contributed by atoms with Gasteiger partial charge in [0.1, 0.15) is 5.82 Å². The molecule has 0 aliphatic heterocycles. The minimum atomic E-state index is -0.909. The number of aromatic nitrogens is 1. The van der Waals surface area contributed by atoms with Crippen LogP contribution in [0.4, 0.5) is 8.78 Å². The van der Waals surface area contributed by atoms with Gasteiger partial charge in [-0.2, -0.15) is 0 Å². The van der Waals surface area contributed by atoms with Crippen molar-refractivity contribution in [2.45, 2.75) is 19.6 Å². The minimum Gasteiger partial charge on any atom is -0.478 e. The fourth-order valence-electron chi connectivity index (χ4n) is 1.64. The van der Waals surface area contributed by atoms with E-state index in [1.165, 1.54) is 6.92 Å². The van der Waals surface area contributed by atoms with Gasteiger partial charge in [-0.05, 0) is 31.2 Å². The number of hydrogen-bond acceptors (Lipinski definition) is 3. The Bertz CT molecular complexity index is 620. The zero-order valence-electron chi connectivity index (χ0n) is 11.3. The number of ether oxygens (including phenoxy) is 1. The maximum atomic E-state index is 13.4. The number of carbonyl (C=O) groups excluding carboxylic acids is 1. The van der Waals surface area contributed by atoms with E-state index in [-0.39, 0.29) is 12.3 Å². The smallest absolute Gasteiger partial charge is 0.261 e. The molecular formula is C15H14F2N2O2. The Morgan fingerprint density at radius 1 is 1.33 bits per heavy atom. The van der Waals surface area contributed by atoms with Gasteiger partial charge in [-0.3, -0.25) is 9.78 Å². The molecule has 4 nitrogen and oxygen atoms in total. The molecule has 0 saturated heterocycles. The lowest BCUT2D eigenvalue weighted by atomic mass is 10.3. The Hall–Kier alpha value is -2.50. The minimum absolute atomic E-state index is 0.170. The van der Waals surface area contributed by atoms with Crippen LogP contribution in [0.3, 0.4) is 0 Å². The van der Waals surface area contributed by atoms with Crippen molar-refractivity contribution >= 4 is 5.91 Å². The molecule has 0 saturated carbocycles. The van der Waals surface area contributed by atoms with Crippen molar-refractivity contribution in [3.05, 3.63) is 59.9 Å². The molecule has 0 aliphatic rings. The van der Waals surface area contributed by atoms with E-state index in [4.69, 9.17) is 4.74 Å². The van der Waals surface area contributed by atoms with Gasteiger partial charge in [0.2, 0.25) is 0 Å². The van der Waals surface area contributed by atoms with Crippen LogP contribution >= 0.6 is 0 Å². The fraction of sp³-hybridized carbons (Fsp3) is 0.200. The first-order valence-electron chi connectivity index (χ1n) is 6.35. The van der Waals surface area contributed by atoms with Crippen LogP contribution in [0.1, 0.15) is 12.6 Å². The molecule has 0 bridgehead atoms. The van der Waals surface area contributed by atoms with Gasteiger partial charge in [0.25, 0.3) is 5.91 Å². The van der Waals surface area contributed by atoms with E-state index in [2.05, 4.69) is 10.3 Å². The molecule has 1 heterocycles. The van der Waals surface area contributed by atoms with E-state index in [1.807, 2.05) is 6.07 Å². The Balaban J connectivity index is 1.90. The van der Waals surface area contributed by atoms with Crippen molar-refractivity contribution in [1.82, 2.24) is 10.3 Å². The van der Waals surface area contributed by atoms with Crippen LogP contribution in [-0.2, 0) is 11.3 Å². The quantitative estimate of drug-likeness (QED) is 0.921. The molecule has 1 atom stereocenters. The first-order valence-corrected chi connectivity index (χ1v) is 6.35. The highest BCUT2D eigenvalue weighted by atomic mass is 19.1. The van der Waals surface area contributed by atoms with Crippen LogP contribution < -0.4 is 10.1 Å². The molecule has 1 unspecified atom stereocenters. The second kappa shape index (κ2) is 6.78. The molecule has 1 N–H and O–H groups in total. The summed E-state index contributed by atoms with van der Waals surface area (Å²) in [5.74, 6) is -2.13. The average Bonchev–Trinajstić information content (AvgIpc) is 2.48. The van der Waals surface area contributed by atoms with Gasteiger partial charge in [-0.25, -0.2) is 8.78 Å².